The van der Waals surface area contributed by atoms with Gasteiger partial charge in [-0.2, -0.15) is 0 Å². The van der Waals surface area contributed by atoms with Gasteiger partial charge in [0, 0.05) is 25.7 Å². The molecule has 2 saturated heterocycles. The van der Waals surface area contributed by atoms with E-state index >= 15 is 0 Å². The fourth-order valence-electron chi connectivity index (χ4n) is 3.42. The Kier molecular flexibility index (Phi) is 5.21. The number of likely N-dealkylation sites (tertiary alicyclic amines) is 1. The van der Waals surface area contributed by atoms with Crippen LogP contribution < -0.4 is 5.32 Å². The summed E-state index contributed by atoms with van der Waals surface area (Å²) in [5.74, 6) is -1.09. The average Bonchev–Trinajstić information content (AvgIpc) is 2.95. The lowest BCUT2D eigenvalue weighted by molar-refractivity contribution is -0.385. The lowest BCUT2D eigenvalue weighted by Crippen LogP contribution is -2.44. The number of benzene rings is 1. The van der Waals surface area contributed by atoms with Crippen LogP contribution in [-0.2, 0) is 0 Å². The van der Waals surface area contributed by atoms with Crippen molar-refractivity contribution in [3.05, 3.63) is 39.7 Å². The molecule has 1 spiro atoms. The van der Waals surface area contributed by atoms with Crippen molar-refractivity contribution in [3.63, 3.8) is 0 Å². The second kappa shape index (κ2) is 6.80. The van der Waals surface area contributed by atoms with Crippen molar-refractivity contribution in [2.75, 3.05) is 26.2 Å². The lowest BCUT2D eigenvalue weighted by Gasteiger charge is -2.38. The highest BCUT2D eigenvalue weighted by atomic mass is 35.5. The molecule has 8 heteroatoms. The number of nitrogens with one attached hydrogen (secondary N) is 1. The van der Waals surface area contributed by atoms with Gasteiger partial charge < -0.3 is 10.2 Å². The minimum atomic E-state index is -0.640. The second-order valence-electron chi connectivity index (χ2n) is 6.14. The molecule has 2 heterocycles. The normalized spacial score (nSPS) is 19.4. The van der Waals surface area contributed by atoms with Crippen LogP contribution in [0.15, 0.2) is 18.2 Å². The van der Waals surface area contributed by atoms with Crippen LogP contribution in [0.2, 0.25) is 0 Å². The largest absolute Gasteiger partial charge is 0.338 e. The third-order valence-corrected chi connectivity index (χ3v) is 4.83. The van der Waals surface area contributed by atoms with Gasteiger partial charge in [0.25, 0.3) is 11.6 Å². The van der Waals surface area contributed by atoms with E-state index in [1.54, 1.807) is 4.90 Å². The van der Waals surface area contributed by atoms with Gasteiger partial charge in [-0.05, 0) is 43.4 Å². The fraction of sp³-hybridized carbons (Fsp3) is 0.533. The Balaban J connectivity index is 0.00000192. The molecule has 1 N–H and O–H groups in total. The minimum Gasteiger partial charge on any atom is -0.338 e. The second-order valence-corrected chi connectivity index (χ2v) is 6.14. The molecule has 0 aliphatic carbocycles. The van der Waals surface area contributed by atoms with Crippen LogP contribution >= 0.6 is 12.4 Å². The number of piperidine rings is 1. The molecule has 126 valence electrons. The first-order valence-electron chi connectivity index (χ1n) is 7.45. The molecule has 0 atom stereocenters. The van der Waals surface area contributed by atoms with Gasteiger partial charge in [-0.15, -0.1) is 12.4 Å². The minimum absolute atomic E-state index is 0. The number of carbonyl (C=O) groups is 1. The highest BCUT2D eigenvalue weighted by molar-refractivity contribution is 5.98. The summed E-state index contributed by atoms with van der Waals surface area (Å²) >= 11 is 0. The van der Waals surface area contributed by atoms with Crippen LogP contribution in [0.3, 0.4) is 0 Å². The Morgan fingerprint density at radius 2 is 2.00 bits per heavy atom. The number of nitro groups is 1. The molecular weight excluding hydrogens is 325 g/mol. The van der Waals surface area contributed by atoms with Crippen LogP contribution in [0.25, 0.3) is 0 Å². The summed E-state index contributed by atoms with van der Waals surface area (Å²) in [6.07, 6.45) is 2.87. The van der Waals surface area contributed by atoms with E-state index in [0.29, 0.717) is 13.1 Å². The molecule has 2 aliphatic heterocycles. The maximum atomic E-state index is 13.4. The van der Waals surface area contributed by atoms with Gasteiger partial charge in [-0.3, -0.25) is 14.9 Å². The summed E-state index contributed by atoms with van der Waals surface area (Å²) in [6.45, 7) is 3.10. The molecule has 2 fully saturated rings. The molecule has 3 rings (SSSR count). The SMILES string of the molecule is Cl.O=C(c1cc(F)ccc1[N+](=O)[O-])N1CCC2(CCNC2)CC1. The average molecular weight is 344 g/mol. The lowest BCUT2D eigenvalue weighted by atomic mass is 9.78. The Hall–Kier alpha value is -1.73. The molecule has 6 nitrogen and oxygen atoms in total. The highest BCUT2D eigenvalue weighted by Crippen LogP contribution is 2.37. The predicted molar refractivity (Wildman–Crippen MR) is 85.4 cm³/mol. The first-order valence-corrected chi connectivity index (χ1v) is 7.45. The highest BCUT2D eigenvalue weighted by Gasteiger charge is 2.39. The summed E-state index contributed by atoms with van der Waals surface area (Å²) < 4.78 is 13.4. The van der Waals surface area contributed by atoms with Crippen LogP contribution in [0.1, 0.15) is 29.6 Å². The zero-order chi connectivity index (χ0) is 15.7. The Bertz CT molecular complexity index is 610. The number of rotatable bonds is 2. The maximum Gasteiger partial charge on any atom is 0.282 e. The Morgan fingerprint density at radius 1 is 1.30 bits per heavy atom. The molecule has 23 heavy (non-hydrogen) atoms. The van der Waals surface area contributed by atoms with Gasteiger partial charge in [-0.25, -0.2) is 4.39 Å². The molecule has 1 aromatic carbocycles. The van der Waals surface area contributed by atoms with Crippen LogP contribution in [0, 0.1) is 21.3 Å². The van der Waals surface area contributed by atoms with Crippen molar-refractivity contribution in [2.45, 2.75) is 19.3 Å². The first-order chi connectivity index (χ1) is 10.5. The summed E-state index contributed by atoms with van der Waals surface area (Å²) in [7, 11) is 0. The Labute approximate surface area is 139 Å². The molecule has 0 unspecified atom stereocenters. The van der Waals surface area contributed by atoms with E-state index in [4.69, 9.17) is 0 Å². The first kappa shape index (κ1) is 17.6. The topological polar surface area (TPSA) is 75.5 Å². The summed E-state index contributed by atoms with van der Waals surface area (Å²) in [5, 5.41) is 14.4. The number of halogens is 2. The van der Waals surface area contributed by atoms with Gasteiger partial charge in [0.15, 0.2) is 0 Å². The monoisotopic (exact) mass is 343 g/mol. The van der Waals surface area contributed by atoms with Crippen molar-refractivity contribution < 1.29 is 14.1 Å². The van der Waals surface area contributed by atoms with Crippen molar-refractivity contribution in [1.82, 2.24) is 10.2 Å². The van der Waals surface area contributed by atoms with Gasteiger partial charge >= 0.3 is 0 Å². The molecule has 0 bridgehead atoms. The summed E-state index contributed by atoms with van der Waals surface area (Å²) in [6, 6.07) is 3.02. The van der Waals surface area contributed by atoms with Crippen LogP contribution in [0.4, 0.5) is 10.1 Å². The van der Waals surface area contributed by atoms with Gasteiger partial charge in [-0.1, -0.05) is 0 Å². The van der Waals surface area contributed by atoms with E-state index in [-0.39, 0.29) is 29.1 Å². The van der Waals surface area contributed by atoms with Crippen molar-refractivity contribution in [3.8, 4) is 0 Å². The standard InChI is InChI=1S/C15H18FN3O3.ClH/c16-11-1-2-13(19(21)22)12(9-11)14(20)18-7-4-15(5-8-18)3-6-17-10-15;/h1-2,9,17H,3-8,10H2;1H. The molecule has 2 aliphatic rings. The number of nitro benzene ring substituents is 1. The van der Waals surface area contributed by atoms with E-state index in [9.17, 15) is 19.3 Å². The number of carbonyl (C=O) groups excluding carboxylic acids is 1. The summed E-state index contributed by atoms with van der Waals surface area (Å²) in [4.78, 5) is 24.5. The molecule has 1 amide bonds. The van der Waals surface area contributed by atoms with Gasteiger partial charge in [0.1, 0.15) is 11.4 Å². The van der Waals surface area contributed by atoms with Crippen LogP contribution in [-0.4, -0.2) is 41.9 Å². The Morgan fingerprint density at radius 3 is 2.57 bits per heavy atom. The van der Waals surface area contributed by atoms with Crippen molar-refractivity contribution in [2.24, 2.45) is 5.41 Å². The van der Waals surface area contributed by atoms with E-state index < -0.39 is 16.6 Å². The van der Waals surface area contributed by atoms with Crippen molar-refractivity contribution >= 4 is 24.0 Å². The number of hydrogen-bond acceptors (Lipinski definition) is 4. The quantitative estimate of drug-likeness (QED) is 0.660. The van der Waals surface area contributed by atoms with Gasteiger partial charge in [0.2, 0.25) is 0 Å². The number of amides is 1. The fourth-order valence-corrected chi connectivity index (χ4v) is 3.42. The molecular formula is C15H19ClFN3O3. The molecule has 0 saturated carbocycles. The molecule has 1 aromatic rings. The van der Waals surface area contributed by atoms with E-state index in [1.807, 2.05) is 0 Å². The van der Waals surface area contributed by atoms with E-state index in [1.165, 1.54) is 0 Å². The predicted octanol–water partition coefficient (Wildman–Crippen LogP) is 2.37. The summed E-state index contributed by atoms with van der Waals surface area (Å²) in [5.41, 5.74) is -0.246. The molecule has 0 radical (unpaired) electrons. The zero-order valence-electron chi connectivity index (χ0n) is 12.6. The van der Waals surface area contributed by atoms with Gasteiger partial charge in [0.05, 0.1) is 4.92 Å². The maximum absolute atomic E-state index is 13.4. The number of hydrogen-bond donors (Lipinski definition) is 1. The van der Waals surface area contributed by atoms with Crippen molar-refractivity contribution in [1.29, 1.82) is 0 Å². The smallest absolute Gasteiger partial charge is 0.282 e. The van der Waals surface area contributed by atoms with Crippen LogP contribution in [0.5, 0.6) is 0 Å². The zero-order valence-corrected chi connectivity index (χ0v) is 13.4. The third kappa shape index (κ3) is 3.45. The number of nitrogens with zero attached hydrogens (tertiary/aromatic N) is 2. The van der Waals surface area contributed by atoms with E-state index in [2.05, 4.69) is 5.32 Å². The van der Waals surface area contributed by atoms with E-state index in [0.717, 1.165) is 50.6 Å². The third-order valence-electron chi connectivity index (χ3n) is 4.83. The molecule has 0 aromatic heterocycles.